The van der Waals surface area contributed by atoms with E-state index >= 15 is 0 Å². The van der Waals surface area contributed by atoms with Crippen molar-refractivity contribution in [2.75, 3.05) is 0 Å². The molecule has 0 saturated heterocycles. The largest absolute Gasteiger partial charge is 0.254 e. The maximum atomic E-state index is 13.5. The Hall–Kier alpha value is -1.55. The van der Waals surface area contributed by atoms with Gasteiger partial charge in [-0.25, -0.2) is 8.78 Å². The number of rotatable bonds is 3. The molecule has 4 heteroatoms. The zero-order chi connectivity index (χ0) is 13.1. The molecule has 0 saturated carbocycles. The Morgan fingerprint density at radius 3 is 2.56 bits per heavy atom. The van der Waals surface area contributed by atoms with Gasteiger partial charge in [0, 0.05) is 0 Å². The molecule has 0 aliphatic rings. The summed E-state index contributed by atoms with van der Waals surface area (Å²) >= 11 is 0. The average Bonchev–Trinajstić information content (AvgIpc) is 2.34. The van der Waals surface area contributed by atoms with Crippen molar-refractivity contribution in [3.05, 3.63) is 65.2 Å². The van der Waals surface area contributed by atoms with Gasteiger partial charge in [0.1, 0.15) is 11.6 Å². The molecule has 1 atom stereocenters. The van der Waals surface area contributed by atoms with Crippen LogP contribution >= 0.6 is 0 Å². The van der Waals surface area contributed by atoms with E-state index in [1.807, 2.05) is 6.92 Å². The van der Waals surface area contributed by atoms with Gasteiger partial charge in [0.25, 0.3) is 0 Å². The third-order valence-electron chi connectivity index (χ3n) is 2.68. The van der Waals surface area contributed by atoms with Crippen LogP contribution in [-0.4, -0.2) is 4.21 Å². The normalized spacial score (nSPS) is 12.4. The molecule has 1 nitrogen and oxygen atoms in total. The van der Waals surface area contributed by atoms with Gasteiger partial charge in [0.2, 0.25) is 0 Å². The number of halogens is 2. The Bertz CT molecular complexity index is 596. The topological polar surface area (TPSA) is 17.1 Å². The van der Waals surface area contributed by atoms with E-state index in [2.05, 4.69) is 0 Å². The van der Waals surface area contributed by atoms with Crippen molar-refractivity contribution in [2.45, 2.75) is 17.6 Å². The maximum absolute atomic E-state index is 13.5. The first-order chi connectivity index (χ1) is 8.58. The van der Waals surface area contributed by atoms with Crippen LogP contribution in [0.2, 0.25) is 0 Å². The number of aryl methyl sites for hydroxylation is 1. The lowest BCUT2D eigenvalue weighted by molar-refractivity contribution is 0.595. The minimum atomic E-state index is -1.51. The van der Waals surface area contributed by atoms with Gasteiger partial charge >= 0.3 is 0 Å². The Labute approximate surface area is 107 Å². The molecule has 0 aromatic heterocycles. The quantitative estimate of drug-likeness (QED) is 0.830. The van der Waals surface area contributed by atoms with Crippen LogP contribution < -0.4 is 0 Å². The fourth-order valence-corrected chi connectivity index (χ4v) is 2.91. The van der Waals surface area contributed by atoms with E-state index in [9.17, 15) is 13.0 Å². The molecule has 0 radical (unpaired) electrons. The van der Waals surface area contributed by atoms with Crippen molar-refractivity contribution >= 4 is 10.8 Å². The van der Waals surface area contributed by atoms with Crippen molar-refractivity contribution in [2.24, 2.45) is 0 Å². The van der Waals surface area contributed by atoms with Crippen LogP contribution in [0, 0.1) is 18.6 Å². The van der Waals surface area contributed by atoms with Gasteiger partial charge in [-0.05, 0) is 42.3 Å². The van der Waals surface area contributed by atoms with Gasteiger partial charge in [-0.3, -0.25) is 4.21 Å². The molecule has 94 valence electrons. The fraction of sp³-hybridized carbons (Fsp3) is 0.143. The van der Waals surface area contributed by atoms with Crippen molar-refractivity contribution in [1.82, 2.24) is 0 Å². The van der Waals surface area contributed by atoms with Crippen LogP contribution in [0.25, 0.3) is 0 Å². The molecular weight excluding hydrogens is 254 g/mol. The lowest BCUT2D eigenvalue weighted by Crippen LogP contribution is -2.01. The second-order valence-electron chi connectivity index (χ2n) is 3.99. The Morgan fingerprint density at radius 1 is 1.11 bits per heavy atom. The Kier molecular flexibility index (Phi) is 3.87. The molecule has 0 bridgehead atoms. The maximum Gasteiger partial charge on any atom is 0.139 e. The third-order valence-corrected chi connectivity index (χ3v) is 4.07. The summed E-state index contributed by atoms with van der Waals surface area (Å²) in [5, 5.41) is 0. The standard InChI is InChI=1S/C14H12F2OS/c1-10-6-7-12(15)8-11(10)9-18(17)14-5-3-2-4-13(14)16/h2-8H,9H2,1H3. The molecule has 0 fully saturated rings. The van der Waals surface area contributed by atoms with Gasteiger partial charge in [-0.1, -0.05) is 18.2 Å². The van der Waals surface area contributed by atoms with Crippen LogP contribution in [-0.2, 0) is 16.6 Å². The summed E-state index contributed by atoms with van der Waals surface area (Å²) in [6.07, 6.45) is 0. The minimum Gasteiger partial charge on any atom is -0.254 e. The second-order valence-corrected chi connectivity index (χ2v) is 5.41. The van der Waals surface area contributed by atoms with E-state index in [0.717, 1.165) is 5.56 Å². The summed E-state index contributed by atoms with van der Waals surface area (Å²) in [4.78, 5) is 0.154. The Morgan fingerprint density at radius 2 is 1.83 bits per heavy atom. The highest BCUT2D eigenvalue weighted by molar-refractivity contribution is 7.84. The fourth-order valence-electron chi connectivity index (χ4n) is 1.64. The molecule has 2 aromatic rings. The van der Waals surface area contributed by atoms with Crippen molar-refractivity contribution in [3.8, 4) is 0 Å². The van der Waals surface area contributed by atoms with E-state index < -0.39 is 16.6 Å². The van der Waals surface area contributed by atoms with Crippen LogP contribution in [0.4, 0.5) is 8.78 Å². The molecule has 2 aromatic carbocycles. The summed E-state index contributed by atoms with van der Waals surface area (Å²) in [6.45, 7) is 1.81. The van der Waals surface area contributed by atoms with Crippen molar-refractivity contribution in [1.29, 1.82) is 0 Å². The summed E-state index contributed by atoms with van der Waals surface area (Å²) in [6, 6.07) is 10.3. The van der Waals surface area contributed by atoms with Crippen LogP contribution in [0.5, 0.6) is 0 Å². The van der Waals surface area contributed by atoms with E-state index in [1.54, 1.807) is 18.2 Å². The summed E-state index contributed by atoms with van der Waals surface area (Å²) in [5.41, 5.74) is 1.48. The van der Waals surface area contributed by atoms with Gasteiger partial charge in [0.05, 0.1) is 21.4 Å². The molecule has 0 amide bonds. The molecule has 1 unspecified atom stereocenters. The minimum absolute atomic E-state index is 0.116. The summed E-state index contributed by atoms with van der Waals surface area (Å²) < 4.78 is 38.6. The predicted molar refractivity (Wildman–Crippen MR) is 67.6 cm³/mol. The smallest absolute Gasteiger partial charge is 0.139 e. The molecule has 0 N–H and O–H groups in total. The van der Waals surface area contributed by atoms with Gasteiger partial charge < -0.3 is 0 Å². The highest BCUT2D eigenvalue weighted by atomic mass is 32.2. The SMILES string of the molecule is Cc1ccc(F)cc1CS(=O)c1ccccc1F. The molecular formula is C14H12F2OS. The monoisotopic (exact) mass is 266 g/mol. The van der Waals surface area contributed by atoms with Crippen LogP contribution in [0.15, 0.2) is 47.4 Å². The average molecular weight is 266 g/mol. The molecule has 18 heavy (non-hydrogen) atoms. The second kappa shape index (κ2) is 5.40. The number of benzene rings is 2. The zero-order valence-corrected chi connectivity index (χ0v) is 10.6. The van der Waals surface area contributed by atoms with Crippen LogP contribution in [0.3, 0.4) is 0 Å². The van der Waals surface area contributed by atoms with Crippen molar-refractivity contribution < 1.29 is 13.0 Å². The predicted octanol–water partition coefficient (Wildman–Crippen LogP) is 3.58. The van der Waals surface area contributed by atoms with E-state index in [4.69, 9.17) is 0 Å². The molecule has 0 aliphatic heterocycles. The van der Waals surface area contributed by atoms with Gasteiger partial charge in [-0.2, -0.15) is 0 Å². The van der Waals surface area contributed by atoms with E-state index in [1.165, 1.54) is 24.3 Å². The summed E-state index contributed by atoms with van der Waals surface area (Å²) in [5.74, 6) is -0.754. The highest BCUT2D eigenvalue weighted by Gasteiger charge is 2.11. The first kappa shape index (κ1) is 12.9. The number of hydrogen-bond acceptors (Lipinski definition) is 1. The Balaban J connectivity index is 2.27. The zero-order valence-electron chi connectivity index (χ0n) is 9.82. The highest BCUT2D eigenvalue weighted by Crippen LogP contribution is 2.18. The molecule has 0 aliphatic carbocycles. The van der Waals surface area contributed by atoms with E-state index in [0.29, 0.717) is 5.56 Å². The molecule has 0 spiro atoms. The number of hydrogen-bond donors (Lipinski definition) is 0. The molecule has 2 rings (SSSR count). The third kappa shape index (κ3) is 2.82. The van der Waals surface area contributed by atoms with Gasteiger partial charge in [-0.15, -0.1) is 0 Å². The van der Waals surface area contributed by atoms with E-state index in [-0.39, 0.29) is 16.5 Å². The van der Waals surface area contributed by atoms with Crippen molar-refractivity contribution in [3.63, 3.8) is 0 Å². The first-order valence-electron chi connectivity index (χ1n) is 5.46. The van der Waals surface area contributed by atoms with Crippen LogP contribution in [0.1, 0.15) is 11.1 Å². The van der Waals surface area contributed by atoms with Gasteiger partial charge in [0.15, 0.2) is 0 Å². The molecule has 0 heterocycles. The first-order valence-corrected chi connectivity index (χ1v) is 6.78. The summed E-state index contributed by atoms with van der Waals surface area (Å²) in [7, 11) is -1.51. The lowest BCUT2D eigenvalue weighted by Gasteiger charge is -2.07. The lowest BCUT2D eigenvalue weighted by atomic mass is 10.1.